The standard InChI is InChI=1S/C44H88NO8P/c1-6-8-10-12-14-16-18-20-21-22-23-24-25-27-28-30-32-34-36-43(46)50-40-42(41-52-54(48,49)51-39-38-45(3,4)5)53-44(47)37-35-33-31-29-26-19-17-15-13-11-9-7-2/h42H,6-41H2,1-5H3/t42-/m0/s1. The Morgan fingerprint density at radius 2 is 0.833 bits per heavy atom. The lowest BCUT2D eigenvalue weighted by Crippen LogP contribution is -2.37. The van der Waals surface area contributed by atoms with Gasteiger partial charge in [-0.15, -0.1) is 0 Å². The van der Waals surface area contributed by atoms with Gasteiger partial charge in [-0.2, -0.15) is 0 Å². The number of esters is 2. The summed E-state index contributed by atoms with van der Waals surface area (Å²) in [4.78, 5) is 37.5. The monoisotopic (exact) mass is 790 g/mol. The molecule has 0 fully saturated rings. The molecular formula is C44H88NO8P. The van der Waals surface area contributed by atoms with Gasteiger partial charge < -0.3 is 27.9 Å². The van der Waals surface area contributed by atoms with Crippen molar-refractivity contribution < 1.29 is 42.1 Å². The summed E-state index contributed by atoms with van der Waals surface area (Å²) in [5, 5.41) is 0. The minimum absolute atomic E-state index is 0.0257. The van der Waals surface area contributed by atoms with Crippen LogP contribution in [0, 0.1) is 0 Å². The van der Waals surface area contributed by atoms with E-state index in [2.05, 4.69) is 13.8 Å². The number of phosphoric acid groups is 1. The van der Waals surface area contributed by atoms with Gasteiger partial charge in [0.1, 0.15) is 19.8 Å². The van der Waals surface area contributed by atoms with Crippen molar-refractivity contribution in [3.63, 3.8) is 0 Å². The van der Waals surface area contributed by atoms with E-state index in [0.29, 0.717) is 17.4 Å². The number of carbonyl (C=O) groups excluding carboxylic acids is 2. The zero-order chi connectivity index (χ0) is 40.0. The molecule has 2 atom stereocenters. The third kappa shape index (κ3) is 40.7. The van der Waals surface area contributed by atoms with Crippen molar-refractivity contribution >= 4 is 19.8 Å². The first-order valence-electron chi connectivity index (χ1n) is 22.7. The number of unbranched alkanes of at least 4 members (excludes halogenated alkanes) is 28. The van der Waals surface area contributed by atoms with Crippen LogP contribution in [0.2, 0.25) is 0 Å². The van der Waals surface area contributed by atoms with E-state index in [9.17, 15) is 19.0 Å². The summed E-state index contributed by atoms with van der Waals surface area (Å²) in [7, 11) is 1.18. The van der Waals surface area contributed by atoms with Gasteiger partial charge in [0, 0.05) is 12.8 Å². The Labute approximate surface area is 334 Å². The number of carbonyl (C=O) groups is 2. The molecule has 0 aliphatic rings. The van der Waals surface area contributed by atoms with Crippen LogP contribution in [0.25, 0.3) is 0 Å². The topological polar surface area (TPSA) is 111 Å². The lowest BCUT2D eigenvalue weighted by molar-refractivity contribution is -0.870. The van der Waals surface area contributed by atoms with E-state index in [1.54, 1.807) is 0 Å². The van der Waals surface area contributed by atoms with Gasteiger partial charge in [0.2, 0.25) is 0 Å². The van der Waals surface area contributed by atoms with Gasteiger partial charge in [-0.05, 0) is 12.8 Å². The lowest BCUT2D eigenvalue weighted by atomic mass is 10.0. The van der Waals surface area contributed by atoms with Crippen LogP contribution in [-0.2, 0) is 32.7 Å². The second-order valence-corrected chi connectivity index (χ2v) is 18.2. The van der Waals surface area contributed by atoms with Crippen LogP contribution >= 0.6 is 7.82 Å². The van der Waals surface area contributed by atoms with E-state index in [1.165, 1.54) is 154 Å². The molecule has 0 bridgehead atoms. The molecule has 0 amide bonds. The average Bonchev–Trinajstić information content (AvgIpc) is 3.12. The van der Waals surface area contributed by atoms with Gasteiger partial charge in [0.25, 0.3) is 7.82 Å². The molecule has 9 nitrogen and oxygen atoms in total. The molecule has 1 unspecified atom stereocenters. The third-order valence-electron chi connectivity index (χ3n) is 10.1. The number of hydrogen-bond acceptors (Lipinski definition) is 8. The van der Waals surface area contributed by atoms with Gasteiger partial charge in [-0.25, -0.2) is 0 Å². The molecule has 0 heterocycles. The van der Waals surface area contributed by atoms with Crippen LogP contribution in [0.1, 0.15) is 219 Å². The van der Waals surface area contributed by atoms with Crippen molar-refractivity contribution in [3.8, 4) is 0 Å². The number of quaternary nitrogens is 1. The Morgan fingerprint density at radius 3 is 1.19 bits per heavy atom. The molecule has 0 aliphatic heterocycles. The first kappa shape index (κ1) is 53.0. The number of hydrogen-bond donors (Lipinski definition) is 0. The van der Waals surface area contributed by atoms with Crippen LogP contribution in [0.15, 0.2) is 0 Å². The van der Waals surface area contributed by atoms with Gasteiger partial charge in [-0.3, -0.25) is 14.2 Å². The summed E-state index contributed by atoms with van der Waals surface area (Å²) in [6.07, 6.45) is 37.0. The third-order valence-corrected chi connectivity index (χ3v) is 11.1. The predicted molar refractivity (Wildman–Crippen MR) is 222 cm³/mol. The van der Waals surface area contributed by atoms with Crippen LogP contribution in [0.3, 0.4) is 0 Å². The van der Waals surface area contributed by atoms with Gasteiger partial charge in [0.05, 0.1) is 27.7 Å². The molecule has 10 heteroatoms. The van der Waals surface area contributed by atoms with Crippen LogP contribution in [-0.4, -0.2) is 70.0 Å². The fourth-order valence-corrected chi connectivity index (χ4v) is 7.27. The SMILES string of the molecule is CCCCCCCCCCCCCCCCCCCCC(=O)OC[C@@H](COP(=O)([O-])OCC[N+](C)(C)C)OC(=O)CCCCCCCCCCCCCC. The molecule has 0 radical (unpaired) electrons. The Hall–Kier alpha value is -0.990. The van der Waals surface area contributed by atoms with Crippen molar-refractivity contribution in [2.45, 2.75) is 225 Å². The highest BCUT2D eigenvalue weighted by atomic mass is 31.2. The largest absolute Gasteiger partial charge is 0.756 e. The van der Waals surface area contributed by atoms with Crippen molar-refractivity contribution in [1.29, 1.82) is 0 Å². The molecule has 0 spiro atoms. The number of likely N-dealkylation sites (N-methyl/N-ethyl adjacent to an activating group) is 1. The Balaban J connectivity index is 4.25. The number of rotatable bonds is 42. The minimum atomic E-state index is -4.61. The molecule has 0 rings (SSSR count). The second kappa shape index (κ2) is 37.6. The molecule has 0 aliphatic carbocycles. The van der Waals surface area contributed by atoms with E-state index in [0.717, 1.165) is 32.1 Å². The maximum absolute atomic E-state index is 12.6. The van der Waals surface area contributed by atoms with Crippen LogP contribution in [0.5, 0.6) is 0 Å². The summed E-state index contributed by atoms with van der Waals surface area (Å²) in [5.41, 5.74) is 0. The molecule has 0 aromatic heterocycles. The Morgan fingerprint density at radius 1 is 0.500 bits per heavy atom. The average molecular weight is 790 g/mol. The van der Waals surface area contributed by atoms with E-state index < -0.39 is 26.5 Å². The first-order chi connectivity index (χ1) is 26.0. The molecular weight excluding hydrogens is 701 g/mol. The highest BCUT2D eigenvalue weighted by Gasteiger charge is 2.21. The normalized spacial score (nSPS) is 13.5. The smallest absolute Gasteiger partial charge is 0.306 e. The Kier molecular flexibility index (Phi) is 36.9. The van der Waals surface area contributed by atoms with E-state index in [4.69, 9.17) is 18.5 Å². The highest BCUT2D eigenvalue weighted by molar-refractivity contribution is 7.45. The molecule has 322 valence electrons. The summed E-state index contributed by atoms with van der Waals surface area (Å²) in [6, 6.07) is 0. The fraction of sp³-hybridized carbons (Fsp3) is 0.955. The van der Waals surface area contributed by atoms with Crippen LogP contribution in [0.4, 0.5) is 0 Å². The van der Waals surface area contributed by atoms with Crippen molar-refractivity contribution in [1.82, 2.24) is 0 Å². The van der Waals surface area contributed by atoms with Gasteiger partial charge >= 0.3 is 11.9 Å². The maximum Gasteiger partial charge on any atom is 0.306 e. The molecule has 54 heavy (non-hydrogen) atoms. The zero-order valence-corrected chi connectivity index (χ0v) is 37.1. The second-order valence-electron chi connectivity index (χ2n) is 16.8. The predicted octanol–water partition coefficient (Wildman–Crippen LogP) is 12.2. The lowest BCUT2D eigenvalue weighted by Gasteiger charge is -2.28. The van der Waals surface area contributed by atoms with Crippen LogP contribution < -0.4 is 4.89 Å². The first-order valence-corrected chi connectivity index (χ1v) is 24.2. The van der Waals surface area contributed by atoms with Gasteiger partial charge in [0.15, 0.2) is 6.10 Å². The van der Waals surface area contributed by atoms with E-state index in [1.807, 2.05) is 21.1 Å². The fourth-order valence-electron chi connectivity index (χ4n) is 6.54. The van der Waals surface area contributed by atoms with Crippen molar-refractivity contribution in [2.75, 3.05) is 47.5 Å². The molecule has 0 saturated heterocycles. The summed E-state index contributed by atoms with van der Waals surface area (Å²) in [6.45, 7) is 4.26. The number of phosphoric ester groups is 1. The molecule has 0 saturated carbocycles. The summed E-state index contributed by atoms with van der Waals surface area (Å²) < 4.78 is 33.9. The number of ether oxygens (including phenoxy) is 2. The summed E-state index contributed by atoms with van der Waals surface area (Å²) in [5.74, 6) is -0.820. The van der Waals surface area contributed by atoms with Gasteiger partial charge in [-0.1, -0.05) is 194 Å². The molecule has 0 aromatic carbocycles. The highest BCUT2D eigenvalue weighted by Crippen LogP contribution is 2.38. The zero-order valence-electron chi connectivity index (χ0n) is 36.2. The Bertz CT molecular complexity index is 896. The van der Waals surface area contributed by atoms with E-state index in [-0.39, 0.29) is 32.0 Å². The molecule has 0 N–H and O–H groups in total. The number of nitrogens with zero attached hydrogens (tertiary/aromatic N) is 1. The summed E-state index contributed by atoms with van der Waals surface area (Å²) >= 11 is 0. The minimum Gasteiger partial charge on any atom is -0.756 e. The van der Waals surface area contributed by atoms with Crippen molar-refractivity contribution in [3.05, 3.63) is 0 Å². The quantitative estimate of drug-likeness (QED) is 0.0260. The molecule has 0 aromatic rings. The van der Waals surface area contributed by atoms with Crippen molar-refractivity contribution in [2.24, 2.45) is 0 Å². The maximum atomic E-state index is 12.6. The van der Waals surface area contributed by atoms with E-state index >= 15 is 0 Å².